The third-order valence-electron chi connectivity index (χ3n) is 3.37. The van der Waals surface area contributed by atoms with Gasteiger partial charge in [0.15, 0.2) is 0 Å². The van der Waals surface area contributed by atoms with Gasteiger partial charge in [-0.15, -0.1) is 0 Å². The van der Waals surface area contributed by atoms with Crippen LogP contribution in [-0.4, -0.2) is 36.5 Å². The van der Waals surface area contributed by atoms with Crippen LogP contribution in [-0.2, 0) is 4.79 Å². The van der Waals surface area contributed by atoms with Crippen LogP contribution in [0.3, 0.4) is 0 Å². The zero-order valence-electron chi connectivity index (χ0n) is 10.3. The Kier molecular flexibility index (Phi) is 5.09. The van der Waals surface area contributed by atoms with E-state index in [4.69, 9.17) is 0 Å². The van der Waals surface area contributed by atoms with Crippen molar-refractivity contribution in [2.45, 2.75) is 46.1 Å². The Bertz CT molecular complexity index is 202. The van der Waals surface area contributed by atoms with Crippen molar-refractivity contribution >= 4 is 5.91 Å². The fraction of sp³-hybridized carbons (Fsp3) is 0.917. The third kappa shape index (κ3) is 3.49. The van der Waals surface area contributed by atoms with Crippen molar-refractivity contribution in [3.05, 3.63) is 0 Å². The topological polar surface area (TPSA) is 32.3 Å². The minimum Gasteiger partial charge on any atom is -0.341 e. The van der Waals surface area contributed by atoms with Crippen molar-refractivity contribution in [1.29, 1.82) is 0 Å². The summed E-state index contributed by atoms with van der Waals surface area (Å²) in [4.78, 5) is 14.0. The Morgan fingerprint density at radius 3 is 2.73 bits per heavy atom. The first-order valence-corrected chi connectivity index (χ1v) is 6.21. The highest BCUT2D eigenvalue weighted by molar-refractivity contribution is 5.81. The maximum atomic E-state index is 12.0. The first kappa shape index (κ1) is 12.5. The van der Waals surface area contributed by atoms with E-state index >= 15 is 0 Å². The minimum absolute atomic E-state index is 0.00172. The molecule has 0 aromatic carbocycles. The summed E-state index contributed by atoms with van der Waals surface area (Å²) in [5.74, 6) is 0.943. The van der Waals surface area contributed by atoms with Crippen molar-refractivity contribution in [1.82, 2.24) is 10.2 Å². The summed E-state index contributed by atoms with van der Waals surface area (Å²) in [6, 6.07) is 0.00172. The molecular formula is C12H24N2O. The van der Waals surface area contributed by atoms with Crippen molar-refractivity contribution in [2.24, 2.45) is 5.92 Å². The van der Waals surface area contributed by atoms with Crippen LogP contribution in [0.5, 0.6) is 0 Å². The van der Waals surface area contributed by atoms with E-state index in [9.17, 15) is 4.79 Å². The summed E-state index contributed by atoms with van der Waals surface area (Å²) in [6.07, 6.45) is 3.42. The lowest BCUT2D eigenvalue weighted by Crippen LogP contribution is -2.43. The first-order chi connectivity index (χ1) is 7.19. The zero-order chi connectivity index (χ0) is 11.3. The molecule has 0 bridgehead atoms. The second kappa shape index (κ2) is 6.11. The molecule has 1 N–H and O–H groups in total. The molecule has 1 aliphatic rings. The summed E-state index contributed by atoms with van der Waals surface area (Å²) >= 11 is 0. The van der Waals surface area contributed by atoms with Crippen molar-refractivity contribution in [3.8, 4) is 0 Å². The van der Waals surface area contributed by atoms with Crippen LogP contribution < -0.4 is 5.32 Å². The number of hydrogen-bond acceptors (Lipinski definition) is 2. The molecule has 1 atom stereocenters. The summed E-state index contributed by atoms with van der Waals surface area (Å²) in [5, 5.41) is 3.24. The van der Waals surface area contributed by atoms with Crippen molar-refractivity contribution in [2.75, 3.05) is 19.6 Å². The molecule has 3 heteroatoms. The average Bonchev–Trinajstić information content (AvgIpc) is 2.40. The standard InChI is InChI=1S/C12H24N2O/c1-4-11(5-2)9-14-8-6-7-13-10(3)12(14)15/h10-11,13H,4-9H2,1-3H3. The van der Waals surface area contributed by atoms with Gasteiger partial charge in [0.25, 0.3) is 0 Å². The quantitative estimate of drug-likeness (QED) is 0.768. The summed E-state index contributed by atoms with van der Waals surface area (Å²) < 4.78 is 0. The number of nitrogens with zero attached hydrogens (tertiary/aromatic N) is 1. The van der Waals surface area contributed by atoms with Gasteiger partial charge in [0.2, 0.25) is 5.91 Å². The van der Waals surface area contributed by atoms with E-state index in [-0.39, 0.29) is 11.9 Å². The highest BCUT2D eigenvalue weighted by Crippen LogP contribution is 2.12. The molecule has 3 nitrogen and oxygen atoms in total. The Labute approximate surface area is 93.2 Å². The van der Waals surface area contributed by atoms with E-state index in [1.807, 2.05) is 11.8 Å². The molecule has 0 saturated carbocycles. The molecule has 0 spiro atoms. The maximum absolute atomic E-state index is 12.0. The Morgan fingerprint density at radius 2 is 2.13 bits per heavy atom. The highest BCUT2D eigenvalue weighted by Gasteiger charge is 2.24. The Hall–Kier alpha value is -0.570. The SMILES string of the molecule is CCC(CC)CN1CCCNC(C)C1=O. The van der Waals surface area contributed by atoms with Gasteiger partial charge < -0.3 is 10.2 Å². The summed E-state index contributed by atoms with van der Waals surface area (Å²) in [7, 11) is 0. The lowest BCUT2D eigenvalue weighted by atomic mass is 10.0. The van der Waals surface area contributed by atoms with Crippen molar-refractivity contribution in [3.63, 3.8) is 0 Å². The van der Waals surface area contributed by atoms with Gasteiger partial charge in [0.05, 0.1) is 6.04 Å². The fourth-order valence-corrected chi connectivity index (χ4v) is 2.10. The normalized spacial score (nSPS) is 23.3. The van der Waals surface area contributed by atoms with Crippen LogP contribution in [0.15, 0.2) is 0 Å². The van der Waals surface area contributed by atoms with E-state index in [1.54, 1.807) is 0 Å². The first-order valence-electron chi connectivity index (χ1n) is 6.21. The molecule has 0 aromatic heterocycles. The molecular weight excluding hydrogens is 188 g/mol. The van der Waals surface area contributed by atoms with E-state index in [0.29, 0.717) is 5.92 Å². The molecule has 1 unspecified atom stereocenters. The largest absolute Gasteiger partial charge is 0.341 e. The van der Waals surface area contributed by atoms with Gasteiger partial charge in [0, 0.05) is 13.1 Å². The second-order valence-corrected chi connectivity index (χ2v) is 4.50. The van der Waals surface area contributed by atoms with E-state index in [1.165, 1.54) is 12.8 Å². The van der Waals surface area contributed by atoms with Crippen LogP contribution in [0.4, 0.5) is 0 Å². The van der Waals surface area contributed by atoms with Crippen LogP contribution in [0, 0.1) is 5.92 Å². The van der Waals surface area contributed by atoms with Crippen LogP contribution in [0.25, 0.3) is 0 Å². The fourth-order valence-electron chi connectivity index (χ4n) is 2.10. The molecule has 1 saturated heterocycles. The predicted molar refractivity (Wildman–Crippen MR) is 62.7 cm³/mol. The minimum atomic E-state index is 0.00172. The van der Waals surface area contributed by atoms with Crippen LogP contribution in [0.2, 0.25) is 0 Å². The molecule has 1 amide bonds. The third-order valence-corrected chi connectivity index (χ3v) is 3.37. The molecule has 15 heavy (non-hydrogen) atoms. The molecule has 1 fully saturated rings. The molecule has 88 valence electrons. The second-order valence-electron chi connectivity index (χ2n) is 4.50. The van der Waals surface area contributed by atoms with Crippen LogP contribution in [0.1, 0.15) is 40.0 Å². The average molecular weight is 212 g/mol. The highest BCUT2D eigenvalue weighted by atomic mass is 16.2. The van der Waals surface area contributed by atoms with Gasteiger partial charge in [-0.1, -0.05) is 26.7 Å². The lowest BCUT2D eigenvalue weighted by molar-refractivity contribution is -0.132. The van der Waals surface area contributed by atoms with Gasteiger partial charge in [-0.2, -0.15) is 0 Å². The number of nitrogens with one attached hydrogen (secondary N) is 1. The predicted octanol–water partition coefficient (Wildman–Crippen LogP) is 1.63. The maximum Gasteiger partial charge on any atom is 0.239 e. The Morgan fingerprint density at radius 1 is 1.47 bits per heavy atom. The van der Waals surface area contributed by atoms with Gasteiger partial charge in [-0.05, 0) is 25.8 Å². The molecule has 0 aliphatic carbocycles. The number of hydrogen-bond donors (Lipinski definition) is 1. The van der Waals surface area contributed by atoms with E-state index in [0.717, 1.165) is 26.1 Å². The number of rotatable bonds is 4. The van der Waals surface area contributed by atoms with Gasteiger partial charge in [-0.25, -0.2) is 0 Å². The zero-order valence-corrected chi connectivity index (χ0v) is 10.3. The smallest absolute Gasteiger partial charge is 0.239 e. The van der Waals surface area contributed by atoms with E-state index < -0.39 is 0 Å². The lowest BCUT2D eigenvalue weighted by Gasteiger charge is -2.26. The number of carbonyl (C=O) groups is 1. The molecule has 1 rings (SSSR count). The van der Waals surface area contributed by atoms with E-state index in [2.05, 4.69) is 19.2 Å². The van der Waals surface area contributed by atoms with Gasteiger partial charge in [-0.3, -0.25) is 4.79 Å². The molecule has 0 aromatic rings. The van der Waals surface area contributed by atoms with Crippen molar-refractivity contribution < 1.29 is 4.79 Å². The van der Waals surface area contributed by atoms with Gasteiger partial charge in [0.1, 0.15) is 0 Å². The number of amides is 1. The molecule has 1 aliphatic heterocycles. The molecule has 1 heterocycles. The number of carbonyl (C=O) groups excluding carboxylic acids is 1. The summed E-state index contributed by atoms with van der Waals surface area (Å²) in [6.45, 7) is 9.21. The molecule has 0 radical (unpaired) electrons. The Balaban J connectivity index is 2.53. The van der Waals surface area contributed by atoms with Gasteiger partial charge >= 0.3 is 0 Å². The van der Waals surface area contributed by atoms with Crippen LogP contribution >= 0.6 is 0 Å². The monoisotopic (exact) mass is 212 g/mol. The summed E-state index contributed by atoms with van der Waals surface area (Å²) in [5.41, 5.74) is 0.